The fourth-order valence-corrected chi connectivity index (χ4v) is 7.35. The predicted octanol–water partition coefficient (Wildman–Crippen LogP) is 5.69. The van der Waals surface area contributed by atoms with E-state index >= 15 is 0 Å². The SMILES string of the molecule is COc1ccc([C@H](Cc2c(Cl)c[n+]([O-])cc2Cl)OC(=O)CNC(=O)c2cccc(NC(C(=O)O[C@H]3CN4CCC3CC4)c3ccccc3)c2)cc1OC. The summed E-state index contributed by atoms with van der Waals surface area (Å²) in [6.45, 7) is 2.34. The van der Waals surface area contributed by atoms with Crippen LogP contribution in [0.1, 0.15) is 52.0 Å². The van der Waals surface area contributed by atoms with Gasteiger partial charge in [0, 0.05) is 29.8 Å². The van der Waals surface area contributed by atoms with Crippen molar-refractivity contribution in [2.24, 2.45) is 5.92 Å². The summed E-state index contributed by atoms with van der Waals surface area (Å²) in [5, 5.41) is 17.9. The largest absolute Gasteiger partial charge is 0.619 e. The van der Waals surface area contributed by atoms with Gasteiger partial charge in [0.15, 0.2) is 29.9 Å². The molecule has 3 aromatic carbocycles. The van der Waals surface area contributed by atoms with Crippen LogP contribution in [0.4, 0.5) is 5.69 Å². The van der Waals surface area contributed by atoms with Crippen molar-refractivity contribution >= 4 is 46.7 Å². The Balaban J connectivity index is 1.13. The summed E-state index contributed by atoms with van der Waals surface area (Å²) in [5.74, 6) is -0.440. The third-order valence-electron chi connectivity index (χ3n) is 9.56. The molecule has 3 saturated heterocycles. The van der Waals surface area contributed by atoms with Crippen molar-refractivity contribution in [1.29, 1.82) is 0 Å². The molecule has 2 bridgehead atoms. The highest BCUT2D eigenvalue weighted by atomic mass is 35.5. The number of methoxy groups -OCH3 is 2. The van der Waals surface area contributed by atoms with E-state index in [0.29, 0.717) is 39.0 Å². The predicted molar refractivity (Wildman–Crippen MR) is 198 cm³/mol. The molecule has 2 N–H and O–H groups in total. The van der Waals surface area contributed by atoms with Crippen molar-refractivity contribution in [2.75, 3.05) is 45.7 Å². The number of hydrogen-bond acceptors (Lipinski definition) is 10. The van der Waals surface area contributed by atoms with E-state index in [2.05, 4.69) is 15.5 Å². The number of hydrogen-bond donors (Lipinski definition) is 2. The molecule has 3 aliphatic heterocycles. The molecule has 1 amide bonds. The molecule has 4 heterocycles. The zero-order valence-corrected chi connectivity index (χ0v) is 30.8. The van der Waals surface area contributed by atoms with Gasteiger partial charge in [-0.2, -0.15) is 4.73 Å². The van der Waals surface area contributed by atoms with Crippen LogP contribution in [0.25, 0.3) is 0 Å². The fraction of sp³-hybridized carbons (Fsp3) is 0.333. The summed E-state index contributed by atoms with van der Waals surface area (Å²) in [6, 6.07) is 20.1. The highest BCUT2D eigenvalue weighted by Crippen LogP contribution is 2.35. The molecule has 278 valence electrons. The van der Waals surface area contributed by atoms with Crippen LogP contribution in [0.15, 0.2) is 85.2 Å². The van der Waals surface area contributed by atoms with Crippen LogP contribution >= 0.6 is 23.2 Å². The minimum Gasteiger partial charge on any atom is -0.619 e. The number of carbonyl (C=O) groups is 3. The lowest BCUT2D eigenvalue weighted by Crippen LogP contribution is -2.52. The van der Waals surface area contributed by atoms with E-state index < -0.39 is 30.6 Å². The molecule has 0 spiro atoms. The number of pyridine rings is 1. The van der Waals surface area contributed by atoms with E-state index in [4.69, 9.17) is 42.1 Å². The maximum absolute atomic E-state index is 13.6. The van der Waals surface area contributed by atoms with Crippen LogP contribution in [-0.2, 0) is 25.5 Å². The third-order valence-corrected chi connectivity index (χ3v) is 10.2. The quantitative estimate of drug-likeness (QED) is 0.0935. The number of piperidine rings is 3. The normalized spacial score (nSPS) is 18.7. The molecule has 0 aliphatic carbocycles. The molecule has 14 heteroatoms. The second kappa shape index (κ2) is 17.2. The molecule has 53 heavy (non-hydrogen) atoms. The van der Waals surface area contributed by atoms with Gasteiger partial charge in [0.2, 0.25) is 0 Å². The van der Waals surface area contributed by atoms with Crippen LogP contribution < -0.4 is 24.8 Å². The van der Waals surface area contributed by atoms with E-state index in [1.54, 1.807) is 42.5 Å². The number of carbonyl (C=O) groups excluding carboxylic acids is 3. The minimum atomic E-state index is -0.931. The van der Waals surface area contributed by atoms with Crippen molar-refractivity contribution in [3.8, 4) is 11.5 Å². The summed E-state index contributed by atoms with van der Waals surface area (Å²) in [7, 11) is 2.98. The lowest BCUT2D eigenvalue weighted by molar-refractivity contribution is -0.605. The molecule has 0 radical (unpaired) electrons. The topological polar surface area (TPSA) is 142 Å². The van der Waals surface area contributed by atoms with E-state index in [9.17, 15) is 19.6 Å². The number of nitrogens with zero attached hydrogens (tertiary/aromatic N) is 2. The Bertz CT molecular complexity index is 1920. The molecule has 1 unspecified atom stereocenters. The van der Waals surface area contributed by atoms with Gasteiger partial charge in [0.25, 0.3) is 5.91 Å². The van der Waals surface area contributed by atoms with Gasteiger partial charge in [-0.1, -0.05) is 65.7 Å². The van der Waals surface area contributed by atoms with Gasteiger partial charge in [0.05, 0.1) is 14.2 Å². The number of rotatable bonds is 14. The maximum atomic E-state index is 13.6. The average molecular weight is 764 g/mol. The van der Waals surface area contributed by atoms with E-state index in [1.807, 2.05) is 30.3 Å². The number of anilines is 1. The van der Waals surface area contributed by atoms with Crippen LogP contribution in [-0.4, -0.2) is 69.2 Å². The monoisotopic (exact) mass is 762 g/mol. The van der Waals surface area contributed by atoms with Crippen molar-refractivity contribution in [3.63, 3.8) is 0 Å². The van der Waals surface area contributed by atoms with Gasteiger partial charge < -0.3 is 34.8 Å². The van der Waals surface area contributed by atoms with Gasteiger partial charge in [-0.15, -0.1) is 0 Å². The number of esters is 2. The molecule has 12 nitrogen and oxygen atoms in total. The summed E-state index contributed by atoms with van der Waals surface area (Å²) in [6.07, 6.45) is 3.27. The Morgan fingerprint density at radius 3 is 2.28 bits per heavy atom. The number of nitrogens with one attached hydrogen (secondary N) is 2. The number of halogens is 2. The molecule has 3 atom stereocenters. The van der Waals surface area contributed by atoms with Crippen molar-refractivity contribution < 1.29 is 38.1 Å². The maximum Gasteiger partial charge on any atom is 0.333 e. The molecule has 0 saturated carbocycles. The second-order valence-corrected chi connectivity index (χ2v) is 13.8. The van der Waals surface area contributed by atoms with Crippen molar-refractivity contribution in [3.05, 3.63) is 123 Å². The molecule has 4 aromatic rings. The zero-order chi connectivity index (χ0) is 37.5. The van der Waals surface area contributed by atoms with E-state index in [1.165, 1.54) is 14.2 Å². The Hall–Kier alpha value is -5.04. The summed E-state index contributed by atoms with van der Waals surface area (Å²) >= 11 is 12.7. The first-order valence-corrected chi connectivity index (χ1v) is 18.0. The Labute approximate surface area is 317 Å². The second-order valence-electron chi connectivity index (χ2n) is 13.0. The molecule has 1 aromatic heterocycles. The van der Waals surface area contributed by atoms with Crippen molar-refractivity contribution in [2.45, 2.75) is 37.5 Å². The van der Waals surface area contributed by atoms with Crippen LogP contribution in [0.5, 0.6) is 11.5 Å². The van der Waals surface area contributed by atoms with Crippen LogP contribution in [0, 0.1) is 11.1 Å². The third kappa shape index (κ3) is 9.31. The van der Waals surface area contributed by atoms with Crippen LogP contribution in [0.2, 0.25) is 10.0 Å². The fourth-order valence-electron chi connectivity index (χ4n) is 6.75. The van der Waals surface area contributed by atoms with Gasteiger partial charge in [-0.3, -0.25) is 14.5 Å². The standard InChI is InChI=1S/C39H40Cl2N4O8/c1-50-32-12-11-26(18-34(32)51-2)33(19-29-30(40)21-45(49)22-31(29)41)52-36(46)20-42-38(47)27-9-6-10-28(17-27)43-37(25-7-4-3-5-8-25)39(48)53-35-23-44-15-13-24(35)14-16-44/h3-12,17-18,21-22,24,33,35,37,43H,13-16,19-20,23H2,1-2H3,(H,42,47)/t33-,35-,37?/m0/s1. The number of ether oxygens (including phenoxy) is 4. The molecule has 7 rings (SSSR count). The van der Waals surface area contributed by atoms with Crippen molar-refractivity contribution in [1.82, 2.24) is 10.2 Å². The summed E-state index contributed by atoms with van der Waals surface area (Å²) in [5.41, 5.74) is 2.43. The first-order chi connectivity index (χ1) is 25.6. The first-order valence-electron chi connectivity index (χ1n) is 17.2. The number of aromatic nitrogens is 1. The van der Waals surface area contributed by atoms with E-state index in [-0.39, 0.29) is 34.1 Å². The van der Waals surface area contributed by atoms with Crippen LogP contribution in [0.3, 0.4) is 0 Å². The lowest BCUT2D eigenvalue weighted by Gasteiger charge is -2.44. The lowest BCUT2D eigenvalue weighted by atomic mass is 9.86. The smallest absolute Gasteiger partial charge is 0.333 e. The molecule has 3 aliphatic rings. The van der Waals surface area contributed by atoms with E-state index in [0.717, 1.165) is 50.4 Å². The highest BCUT2D eigenvalue weighted by molar-refractivity contribution is 6.35. The molecule has 3 fully saturated rings. The summed E-state index contributed by atoms with van der Waals surface area (Å²) < 4.78 is 23.2. The molecular weight excluding hydrogens is 723 g/mol. The molecular formula is C39H40Cl2N4O8. The Kier molecular flexibility index (Phi) is 12.2. The van der Waals surface area contributed by atoms with Gasteiger partial charge in [-0.25, -0.2) is 4.79 Å². The Morgan fingerprint density at radius 2 is 1.62 bits per heavy atom. The zero-order valence-electron chi connectivity index (χ0n) is 29.3. The number of fused-ring (bicyclic) bond motifs is 3. The van der Waals surface area contributed by atoms with Gasteiger partial charge in [-0.05, 0) is 73.3 Å². The van der Waals surface area contributed by atoms with Gasteiger partial charge in [0.1, 0.15) is 28.8 Å². The van der Waals surface area contributed by atoms with Gasteiger partial charge >= 0.3 is 11.9 Å². The average Bonchev–Trinajstić information content (AvgIpc) is 3.17. The minimum absolute atomic E-state index is 0.0199. The summed E-state index contributed by atoms with van der Waals surface area (Å²) in [4.78, 5) is 42.5. The Morgan fingerprint density at radius 1 is 0.906 bits per heavy atom. The number of amides is 1. The first kappa shape index (κ1) is 37.7. The number of benzene rings is 3. The highest BCUT2D eigenvalue weighted by Gasteiger charge is 2.38.